The van der Waals surface area contributed by atoms with E-state index < -0.39 is 0 Å². The molecule has 1 unspecified atom stereocenters. The molecule has 2 N–H and O–H groups in total. The van der Waals surface area contributed by atoms with Gasteiger partial charge in [0.05, 0.1) is 0 Å². The quantitative estimate of drug-likeness (QED) is 0.832. The third kappa shape index (κ3) is 3.34. The Kier molecular flexibility index (Phi) is 4.39. The van der Waals surface area contributed by atoms with Crippen LogP contribution in [0.5, 0.6) is 11.5 Å². The van der Waals surface area contributed by atoms with Gasteiger partial charge in [-0.2, -0.15) is 0 Å². The van der Waals surface area contributed by atoms with E-state index in [1.807, 2.05) is 6.07 Å². The van der Waals surface area contributed by atoms with Crippen molar-refractivity contribution in [3.63, 3.8) is 0 Å². The number of benzene rings is 1. The molecule has 0 radical (unpaired) electrons. The molecule has 116 valence electrons. The highest BCUT2D eigenvalue weighted by atomic mass is 16.3. The van der Waals surface area contributed by atoms with Crippen LogP contribution in [-0.2, 0) is 12.8 Å². The Morgan fingerprint density at radius 2 is 1.86 bits per heavy atom. The van der Waals surface area contributed by atoms with E-state index in [-0.39, 0.29) is 11.5 Å². The van der Waals surface area contributed by atoms with Crippen LogP contribution in [0.1, 0.15) is 50.2 Å². The highest BCUT2D eigenvalue weighted by Crippen LogP contribution is 2.36. The average Bonchev–Trinajstić information content (AvgIpc) is 2.87. The maximum atomic E-state index is 10.0. The molecule has 0 bridgehead atoms. The van der Waals surface area contributed by atoms with Crippen LogP contribution in [0.3, 0.4) is 0 Å². The predicted octanol–water partition coefficient (Wildman–Crippen LogP) is 3.47. The molecular weight excluding hydrogens is 262 g/mol. The summed E-state index contributed by atoms with van der Waals surface area (Å²) in [5.74, 6) is 1.21. The molecule has 1 aliphatic carbocycles. The van der Waals surface area contributed by atoms with E-state index in [0.29, 0.717) is 6.04 Å². The highest BCUT2D eigenvalue weighted by Gasteiger charge is 2.30. The van der Waals surface area contributed by atoms with E-state index in [1.54, 1.807) is 0 Å². The van der Waals surface area contributed by atoms with E-state index in [9.17, 15) is 10.2 Å². The topological polar surface area (TPSA) is 43.7 Å². The minimum Gasteiger partial charge on any atom is -0.508 e. The largest absolute Gasteiger partial charge is 0.508 e. The molecule has 3 heteroatoms. The van der Waals surface area contributed by atoms with Gasteiger partial charge in [0.1, 0.15) is 11.5 Å². The van der Waals surface area contributed by atoms with Crippen LogP contribution < -0.4 is 0 Å². The van der Waals surface area contributed by atoms with E-state index in [0.717, 1.165) is 29.9 Å². The van der Waals surface area contributed by atoms with Crippen LogP contribution >= 0.6 is 0 Å². The molecule has 0 saturated carbocycles. The van der Waals surface area contributed by atoms with E-state index in [4.69, 9.17) is 0 Å². The number of fused-ring (bicyclic) bond motifs is 1. The molecule has 1 saturated heterocycles. The predicted molar refractivity (Wildman–Crippen MR) is 84.8 cm³/mol. The average molecular weight is 289 g/mol. The number of aromatic hydroxyl groups is 2. The minimum atomic E-state index is 0.185. The molecule has 1 fully saturated rings. The number of hydrogen-bond donors (Lipinski definition) is 2. The fourth-order valence-corrected chi connectivity index (χ4v) is 4.01. The van der Waals surface area contributed by atoms with Crippen molar-refractivity contribution in [2.45, 2.75) is 57.9 Å². The molecule has 3 rings (SSSR count). The lowest BCUT2D eigenvalue weighted by Crippen LogP contribution is -2.39. The molecule has 21 heavy (non-hydrogen) atoms. The first-order valence-corrected chi connectivity index (χ1v) is 8.41. The third-order valence-corrected chi connectivity index (χ3v) is 5.15. The second kappa shape index (κ2) is 6.27. The molecule has 0 amide bonds. The van der Waals surface area contributed by atoms with Gasteiger partial charge in [-0.3, -0.25) is 4.90 Å². The van der Waals surface area contributed by atoms with Gasteiger partial charge in [0, 0.05) is 18.7 Å². The zero-order valence-electron chi connectivity index (χ0n) is 13.0. The third-order valence-electron chi connectivity index (χ3n) is 5.15. The summed E-state index contributed by atoms with van der Waals surface area (Å²) in [5, 5.41) is 19.7. The monoisotopic (exact) mass is 289 g/mol. The fraction of sp³-hybridized carbons (Fsp3) is 0.667. The lowest BCUT2D eigenvalue weighted by atomic mass is 10.0. The molecule has 1 aromatic rings. The van der Waals surface area contributed by atoms with Gasteiger partial charge in [0.15, 0.2) is 0 Å². The standard InChI is InChI=1S/C18H27NO2/c1-13-6-4-2-3-5-7-19(12-13)15-8-14-9-16(20)11-18(21)17(14)10-15/h9,11,13,15,20-21H,2-8,10,12H2,1H3/t13-,15?/m0/s1. The molecule has 1 aliphatic heterocycles. The lowest BCUT2D eigenvalue weighted by molar-refractivity contribution is 0.173. The second-order valence-electron chi connectivity index (χ2n) is 6.97. The fourth-order valence-electron chi connectivity index (χ4n) is 4.01. The van der Waals surface area contributed by atoms with Crippen molar-refractivity contribution in [3.05, 3.63) is 23.3 Å². The SMILES string of the molecule is C[C@H]1CCCCCCN(C2Cc3cc(O)cc(O)c3C2)C1. The zero-order valence-corrected chi connectivity index (χ0v) is 13.0. The van der Waals surface area contributed by atoms with Gasteiger partial charge in [-0.05, 0) is 55.3 Å². The summed E-state index contributed by atoms with van der Waals surface area (Å²) in [6.45, 7) is 4.71. The molecule has 3 nitrogen and oxygen atoms in total. The van der Waals surface area contributed by atoms with Gasteiger partial charge in [0.25, 0.3) is 0 Å². The Balaban J connectivity index is 1.73. The lowest BCUT2D eigenvalue weighted by Gasteiger charge is -2.30. The van der Waals surface area contributed by atoms with Gasteiger partial charge >= 0.3 is 0 Å². The minimum absolute atomic E-state index is 0.185. The van der Waals surface area contributed by atoms with Crippen molar-refractivity contribution < 1.29 is 10.2 Å². The van der Waals surface area contributed by atoms with Crippen molar-refractivity contribution in [2.75, 3.05) is 13.1 Å². The summed E-state index contributed by atoms with van der Waals surface area (Å²) in [7, 11) is 0. The van der Waals surface area contributed by atoms with Crippen LogP contribution in [0.25, 0.3) is 0 Å². The number of hydrogen-bond acceptors (Lipinski definition) is 3. The number of phenolic OH excluding ortho intramolecular Hbond substituents is 2. The molecule has 0 aromatic heterocycles. The van der Waals surface area contributed by atoms with Crippen LogP contribution in [0.15, 0.2) is 12.1 Å². The first-order chi connectivity index (χ1) is 10.1. The molecule has 1 aromatic carbocycles. The Hall–Kier alpha value is -1.22. The van der Waals surface area contributed by atoms with Crippen LogP contribution in [0.2, 0.25) is 0 Å². The highest BCUT2D eigenvalue weighted by molar-refractivity contribution is 5.48. The summed E-state index contributed by atoms with van der Waals surface area (Å²) in [6, 6.07) is 3.80. The van der Waals surface area contributed by atoms with Gasteiger partial charge in [0.2, 0.25) is 0 Å². The molecule has 2 atom stereocenters. The Morgan fingerprint density at radius 3 is 2.71 bits per heavy atom. The Bertz CT molecular complexity index is 500. The van der Waals surface area contributed by atoms with E-state index in [1.165, 1.54) is 51.3 Å². The van der Waals surface area contributed by atoms with Crippen molar-refractivity contribution >= 4 is 0 Å². The normalized spacial score (nSPS) is 27.7. The van der Waals surface area contributed by atoms with E-state index in [2.05, 4.69) is 11.8 Å². The summed E-state index contributed by atoms with van der Waals surface area (Å²) >= 11 is 0. The van der Waals surface area contributed by atoms with Crippen molar-refractivity contribution in [1.82, 2.24) is 4.90 Å². The van der Waals surface area contributed by atoms with Gasteiger partial charge in [-0.15, -0.1) is 0 Å². The van der Waals surface area contributed by atoms with E-state index >= 15 is 0 Å². The first kappa shape index (κ1) is 14.7. The zero-order chi connectivity index (χ0) is 14.8. The van der Waals surface area contributed by atoms with Crippen molar-refractivity contribution in [1.29, 1.82) is 0 Å². The van der Waals surface area contributed by atoms with Crippen LogP contribution in [-0.4, -0.2) is 34.2 Å². The Labute approximate surface area is 127 Å². The van der Waals surface area contributed by atoms with Gasteiger partial charge in [-0.1, -0.05) is 26.2 Å². The van der Waals surface area contributed by atoms with Gasteiger partial charge < -0.3 is 10.2 Å². The van der Waals surface area contributed by atoms with Crippen molar-refractivity contribution in [3.8, 4) is 11.5 Å². The van der Waals surface area contributed by atoms with Gasteiger partial charge in [-0.25, -0.2) is 0 Å². The Morgan fingerprint density at radius 1 is 1.05 bits per heavy atom. The van der Waals surface area contributed by atoms with Crippen LogP contribution in [0, 0.1) is 5.92 Å². The van der Waals surface area contributed by atoms with Crippen molar-refractivity contribution in [2.24, 2.45) is 5.92 Å². The smallest absolute Gasteiger partial charge is 0.122 e. The molecule has 2 aliphatic rings. The molecule has 0 spiro atoms. The first-order valence-electron chi connectivity index (χ1n) is 8.41. The number of phenols is 2. The molecular formula is C18H27NO2. The maximum absolute atomic E-state index is 10.0. The number of nitrogens with zero attached hydrogens (tertiary/aromatic N) is 1. The number of rotatable bonds is 1. The maximum Gasteiger partial charge on any atom is 0.122 e. The van der Waals surface area contributed by atoms with Crippen LogP contribution in [0.4, 0.5) is 0 Å². The summed E-state index contributed by atoms with van der Waals surface area (Å²) < 4.78 is 0. The summed E-state index contributed by atoms with van der Waals surface area (Å²) in [5.41, 5.74) is 2.18. The summed E-state index contributed by atoms with van der Waals surface area (Å²) in [6.07, 6.45) is 8.60. The second-order valence-corrected chi connectivity index (χ2v) is 6.97. The molecule has 1 heterocycles. The summed E-state index contributed by atoms with van der Waals surface area (Å²) in [4.78, 5) is 2.63.